The summed E-state index contributed by atoms with van der Waals surface area (Å²) in [5.41, 5.74) is 7.54. The van der Waals surface area contributed by atoms with Gasteiger partial charge in [-0.1, -0.05) is 6.42 Å². The quantitative estimate of drug-likeness (QED) is 0.947. The molecule has 5 heteroatoms. The van der Waals surface area contributed by atoms with Gasteiger partial charge in [0.1, 0.15) is 0 Å². The summed E-state index contributed by atoms with van der Waals surface area (Å²) in [5.74, 6) is 1.56. The van der Waals surface area contributed by atoms with Crippen molar-refractivity contribution in [2.45, 2.75) is 31.8 Å². The maximum Gasteiger partial charge on any atom is 0.0576 e. The number of aryl methyl sites for hydroxylation is 1. The summed E-state index contributed by atoms with van der Waals surface area (Å²) in [4.78, 5) is 5.38. The number of hydrogen-bond acceptors (Lipinski definition) is 4. The zero-order valence-corrected chi connectivity index (χ0v) is 13.9. The molecule has 4 nitrogen and oxygen atoms in total. The third-order valence-electron chi connectivity index (χ3n) is 5.26. The lowest BCUT2D eigenvalue weighted by molar-refractivity contribution is 0.259. The molecule has 3 atom stereocenters. The lowest BCUT2D eigenvalue weighted by atomic mass is 9.78. The molecule has 1 saturated carbocycles. The normalized spacial score (nSPS) is 28.9. The van der Waals surface area contributed by atoms with Crippen molar-refractivity contribution in [1.29, 1.82) is 0 Å². The second-order valence-electron chi connectivity index (χ2n) is 6.88. The van der Waals surface area contributed by atoms with Gasteiger partial charge in [-0.25, -0.2) is 0 Å². The van der Waals surface area contributed by atoms with Gasteiger partial charge < -0.3 is 5.73 Å². The minimum absolute atomic E-state index is 0.429. The van der Waals surface area contributed by atoms with Crippen LogP contribution >= 0.6 is 11.3 Å². The van der Waals surface area contributed by atoms with Crippen molar-refractivity contribution in [3.8, 4) is 10.4 Å². The van der Waals surface area contributed by atoms with Gasteiger partial charge in [-0.05, 0) is 36.8 Å². The van der Waals surface area contributed by atoms with Gasteiger partial charge in [0, 0.05) is 54.2 Å². The zero-order chi connectivity index (χ0) is 15.1. The maximum absolute atomic E-state index is 6.32. The largest absolute Gasteiger partial charge is 0.327 e. The summed E-state index contributed by atoms with van der Waals surface area (Å²) in [6, 6.07) is 4.93. The molecular weight excluding hydrogens is 292 g/mol. The number of nitrogens with two attached hydrogens (primary N) is 1. The molecule has 0 aromatic carbocycles. The smallest absolute Gasteiger partial charge is 0.0576 e. The van der Waals surface area contributed by atoms with Crippen LogP contribution in [-0.4, -0.2) is 33.8 Å². The predicted octanol–water partition coefficient (Wildman–Crippen LogP) is 2.71. The van der Waals surface area contributed by atoms with Crippen molar-refractivity contribution in [3.63, 3.8) is 0 Å². The highest BCUT2D eigenvalue weighted by Gasteiger charge is 2.38. The van der Waals surface area contributed by atoms with Crippen LogP contribution in [0.3, 0.4) is 0 Å². The minimum atomic E-state index is 0.429. The Balaban J connectivity index is 1.43. The van der Waals surface area contributed by atoms with Gasteiger partial charge in [-0.15, -0.1) is 11.3 Å². The molecular formula is C17H24N4S. The number of nitrogens with zero attached hydrogens (tertiary/aromatic N) is 3. The van der Waals surface area contributed by atoms with E-state index in [0.29, 0.717) is 6.04 Å². The molecule has 1 aliphatic heterocycles. The second-order valence-corrected chi connectivity index (χ2v) is 8.05. The van der Waals surface area contributed by atoms with Crippen LogP contribution in [0.1, 0.15) is 24.1 Å². The topological polar surface area (TPSA) is 47.1 Å². The van der Waals surface area contributed by atoms with E-state index in [9.17, 15) is 0 Å². The SMILES string of the molecule is Cn1cc(-c2ccc(CN3CC4CCCC(N)C4C3)s2)cn1. The van der Waals surface area contributed by atoms with E-state index in [1.54, 1.807) is 0 Å². The van der Waals surface area contributed by atoms with Gasteiger partial charge >= 0.3 is 0 Å². The van der Waals surface area contributed by atoms with Gasteiger partial charge in [0.05, 0.1) is 6.20 Å². The number of likely N-dealkylation sites (tertiary alicyclic amines) is 1. The molecule has 2 fully saturated rings. The van der Waals surface area contributed by atoms with E-state index >= 15 is 0 Å². The molecule has 4 rings (SSSR count). The average molecular weight is 316 g/mol. The third kappa shape index (κ3) is 2.73. The molecule has 3 heterocycles. The molecule has 0 bridgehead atoms. The van der Waals surface area contributed by atoms with E-state index in [0.717, 1.165) is 18.4 Å². The number of hydrogen-bond donors (Lipinski definition) is 1. The molecule has 3 unspecified atom stereocenters. The number of aromatic nitrogens is 2. The molecule has 2 aromatic heterocycles. The Hall–Kier alpha value is -1.17. The van der Waals surface area contributed by atoms with Crippen LogP contribution in [0.15, 0.2) is 24.5 Å². The van der Waals surface area contributed by atoms with Crippen LogP contribution in [0, 0.1) is 11.8 Å². The van der Waals surface area contributed by atoms with E-state index in [1.165, 1.54) is 47.7 Å². The summed E-state index contributed by atoms with van der Waals surface area (Å²) in [5, 5.41) is 4.26. The fourth-order valence-corrected chi connectivity index (χ4v) is 5.15. The Morgan fingerprint density at radius 3 is 3.00 bits per heavy atom. The molecule has 1 aliphatic carbocycles. The summed E-state index contributed by atoms with van der Waals surface area (Å²) in [6.45, 7) is 3.50. The standard InChI is InChI=1S/C17H24N4S/c1-20-8-13(7-19-20)17-6-5-14(22-17)10-21-9-12-3-2-4-16(18)15(12)11-21/h5-8,12,15-16H,2-4,9-11,18H2,1H3. The third-order valence-corrected chi connectivity index (χ3v) is 6.38. The van der Waals surface area contributed by atoms with E-state index in [2.05, 4.69) is 28.3 Å². The van der Waals surface area contributed by atoms with Crippen molar-refractivity contribution in [3.05, 3.63) is 29.4 Å². The molecule has 22 heavy (non-hydrogen) atoms. The average Bonchev–Trinajstić information content (AvgIpc) is 3.19. The molecule has 118 valence electrons. The highest BCUT2D eigenvalue weighted by atomic mass is 32.1. The van der Waals surface area contributed by atoms with Crippen molar-refractivity contribution in [2.75, 3.05) is 13.1 Å². The van der Waals surface area contributed by atoms with Gasteiger partial charge in [0.25, 0.3) is 0 Å². The fraction of sp³-hybridized carbons (Fsp3) is 0.588. The van der Waals surface area contributed by atoms with Crippen LogP contribution in [0.25, 0.3) is 10.4 Å². The van der Waals surface area contributed by atoms with Crippen LogP contribution < -0.4 is 5.73 Å². The Labute approximate surface area is 135 Å². The number of fused-ring (bicyclic) bond motifs is 1. The van der Waals surface area contributed by atoms with Crippen molar-refractivity contribution in [1.82, 2.24) is 14.7 Å². The molecule has 0 amide bonds. The Morgan fingerprint density at radius 1 is 1.32 bits per heavy atom. The highest BCUT2D eigenvalue weighted by molar-refractivity contribution is 7.15. The fourth-order valence-electron chi connectivity index (χ4n) is 4.12. The Kier molecular flexibility index (Phi) is 3.80. The van der Waals surface area contributed by atoms with Crippen LogP contribution in [0.4, 0.5) is 0 Å². The first-order valence-corrected chi connectivity index (χ1v) is 9.06. The number of thiophene rings is 1. The minimum Gasteiger partial charge on any atom is -0.327 e. The molecule has 0 radical (unpaired) electrons. The van der Waals surface area contributed by atoms with Crippen LogP contribution in [0.2, 0.25) is 0 Å². The van der Waals surface area contributed by atoms with Crippen molar-refractivity contribution in [2.24, 2.45) is 24.6 Å². The van der Waals surface area contributed by atoms with E-state index in [1.807, 2.05) is 29.3 Å². The van der Waals surface area contributed by atoms with E-state index < -0.39 is 0 Å². The van der Waals surface area contributed by atoms with Crippen molar-refractivity contribution >= 4 is 11.3 Å². The molecule has 2 N–H and O–H groups in total. The first kappa shape index (κ1) is 14.4. The summed E-state index contributed by atoms with van der Waals surface area (Å²) in [7, 11) is 1.97. The molecule has 0 spiro atoms. The summed E-state index contributed by atoms with van der Waals surface area (Å²) < 4.78 is 1.86. The lowest BCUT2D eigenvalue weighted by Crippen LogP contribution is -2.38. The maximum atomic E-state index is 6.32. The van der Waals surface area contributed by atoms with Gasteiger partial charge in [-0.3, -0.25) is 9.58 Å². The first-order valence-electron chi connectivity index (χ1n) is 8.25. The van der Waals surface area contributed by atoms with Crippen LogP contribution in [0.5, 0.6) is 0 Å². The lowest BCUT2D eigenvalue weighted by Gasteiger charge is -2.29. The van der Waals surface area contributed by atoms with Crippen LogP contribution in [-0.2, 0) is 13.6 Å². The van der Waals surface area contributed by atoms with E-state index in [-0.39, 0.29) is 0 Å². The van der Waals surface area contributed by atoms with E-state index in [4.69, 9.17) is 5.73 Å². The van der Waals surface area contributed by atoms with Crippen molar-refractivity contribution < 1.29 is 0 Å². The molecule has 1 saturated heterocycles. The van der Waals surface area contributed by atoms with Gasteiger partial charge in [0.15, 0.2) is 0 Å². The molecule has 2 aliphatic rings. The zero-order valence-electron chi connectivity index (χ0n) is 13.1. The first-order chi connectivity index (χ1) is 10.7. The van der Waals surface area contributed by atoms with Gasteiger partial charge in [-0.2, -0.15) is 5.10 Å². The van der Waals surface area contributed by atoms with Gasteiger partial charge in [0.2, 0.25) is 0 Å². The predicted molar refractivity (Wildman–Crippen MR) is 90.6 cm³/mol. The summed E-state index contributed by atoms with van der Waals surface area (Å²) >= 11 is 1.89. The molecule has 2 aromatic rings. The Bertz CT molecular complexity index is 647. The number of rotatable bonds is 3. The monoisotopic (exact) mass is 316 g/mol. The highest BCUT2D eigenvalue weighted by Crippen LogP contribution is 2.37. The summed E-state index contributed by atoms with van der Waals surface area (Å²) in [6.07, 6.45) is 7.94. The second kappa shape index (κ2) is 5.80. The Morgan fingerprint density at radius 2 is 2.23 bits per heavy atom.